The van der Waals surface area contributed by atoms with Gasteiger partial charge in [-0.2, -0.15) is 10.4 Å². The molecule has 0 aliphatic rings. The first kappa shape index (κ1) is 12.0. The molecule has 1 aromatic carbocycles. The maximum absolute atomic E-state index is 10.6. The summed E-state index contributed by atoms with van der Waals surface area (Å²) in [6.45, 7) is 1.83. The Morgan fingerprint density at radius 3 is 3.00 bits per heavy atom. The van der Waals surface area contributed by atoms with Crippen LogP contribution in [0.5, 0.6) is 0 Å². The Kier molecular flexibility index (Phi) is 2.73. The third-order valence-electron chi connectivity index (χ3n) is 2.57. The maximum atomic E-state index is 10.6. The molecule has 0 aliphatic heterocycles. The van der Waals surface area contributed by atoms with Crippen LogP contribution < -0.4 is 5.73 Å². The predicted molar refractivity (Wildman–Crippen MR) is 64.6 cm³/mol. The van der Waals surface area contributed by atoms with Crippen LogP contribution >= 0.6 is 0 Å². The van der Waals surface area contributed by atoms with Gasteiger partial charge in [0, 0.05) is 17.5 Å². The smallest absolute Gasteiger partial charge is 0.270 e. The summed E-state index contributed by atoms with van der Waals surface area (Å²) in [6, 6.07) is 6.43. The fourth-order valence-electron chi connectivity index (χ4n) is 1.66. The lowest BCUT2D eigenvalue weighted by Gasteiger charge is -2.15. The van der Waals surface area contributed by atoms with Crippen LogP contribution in [-0.2, 0) is 6.54 Å². The van der Waals surface area contributed by atoms with Gasteiger partial charge in [-0.1, -0.05) is 0 Å². The molecular formula is C11H11N5O2. The molecule has 0 saturated heterocycles. The van der Waals surface area contributed by atoms with Crippen molar-refractivity contribution < 1.29 is 4.92 Å². The number of nitriles is 1. The van der Waals surface area contributed by atoms with Crippen molar-refractivity contribution in [3.05, 3.63) is 34.5 Å². The molecule has 1 heterocycles. The lowest BCUT2D eigenvalue weighted by atomic mass is 10.1. The Labute approximate surface area is 103 Å². The van der Waals surface area contributed by atoms with Gasteiger partial charge in [-0.3, -0.25) is 14.8 Å². The third-order valence-corrected chi connectivity index (χ3v) is 2.57. The number of hydrogen-bond acceptors (Lipinski definition) is 5. The highest BCUT2D eigenvalue weighted by molar-refractivity contribution is 5.81. The van der Waals surface area contributed by atoms with E-state index in [-0.39, 0.29) is 12.2 Å². The van der Waals surface area contributed by atoms with Crippen molar-refractivity contribution in [2.75, 3.05) is 0 Å². The van der Waals surface area contributed by atoms with Gasteiger partial charge in [-0.15, -0.1) is 0 Å². The van der Waals surface area contributed by atoms with Crippen LogP contribution in [0.25, 0.3) is 10.9 Å². The molecule has 92 valence electrons. The van der Waals surface area contributed by atoms with E-state index in [4.69, 9.17) is 11.0 Å². The number of nitro benzene ring substituents is 1. The van der Waals surface area contributed by atoms with Gasteiger partial charge in [0.1, 0.15) is 5.54 Å². The van der Waals surface area contributed by atoms with E-state index in [0.717, 1.165) is 0 Å². The summed E-state index contributed by atoms with van der Waals surface area (Å²) < 4.78 is 1.57. The molecule has 0 bridgehead atoms. The Bertz CT molecular complexity index is 653. The zero-order chi connectivity index (χ0) is 13.3. The predicted octanol–water partition coefficient (Wildman–Crippen LogP) is 1.19. The molecular weight excluding hydrogens is 234 g/mol. The van der Waals surface area contributed by atoms with Gasteiger partial charge in [0.2, 0.25) is 0 Å². The van der Waals surface area contributed by atoms with Crippen molar-refractivity contribution in [1.82, 2.24) is 9.78 Å². The molecule has 0 aliphatic carbocycles. The average Bonchev–Trinajstić information content (AvgIpc) is 2.71. The van der Waals surface area contributed by atoms with Crippen molar-refractivity contribution in [3.8, 4) is 6.07 Å². The molecule has 7 heteroatoms. The monoisotopic (exact) mass is 245 g/mol. The molecule has 1 atom stereocenters. The second-order valence-electron chi connectivity index (χ2n) is 4.33. The molecule has 0 spiro atoms. The highest BCUT2D eigenvalue weighted by atomic mass is 16.6. The Morgan fingerprint density at radius 2 is 2.39 bits per heavy atom. The van der Waals surface area contributed by atoms with E-state index >= 15 is 0 Å². The molecule has 0 amide bonds. The molecule has 2 aromatic rings. The molecule has 7 nitrogen and oxygen atoms in total. The number of nitrogens with zero attached hydrogens (tertiary/aromatic N) is 4. The highest BCUT2D eigenvalue weighted by Gasteiger charge is 2.20. The largest absolute Gasteiger partial charge is 0.312 e. The summed E-state index contributed by atoms with van der Waals surface area (Å²) in [5, 5.41) is 24.3. The van der Waals surface area contributed by atoms with E-state index in [9.17, 15) is 10.1 Å². The van der Waals surface area contributed by atoms with E-state index in [1.807, 2.05) is 6.07 Å². The van der Waals surface area contributed by atoms with E-state index in [1.165, 1.54) is 18.3 Å². The molecule has 2 rings (SSSR count). The molecule has 18 heavy (non-hydrogen) atoms. The van der Waals surface area contributed by atoms with Gasteiger partial charge in [0.15, 0.2) is 0 Å². The number of nitrogens with two attached hydrogens (primary N) is 1. The normalized spacial score (nSPS) is 14.1. The van der Waals surface area contributed by atoms with E-state index < -0.39 is 10.5 Å². The van der Waals surface area contributed by atoms with Crippen molar-refractivity contribution in [2.24, 2.45) is 5.73 Å². The van der Waals surface area contributed by atoms with Crippen molar-refractivity contribution >= 4 is 16.6 Å². The van der Waals surface area contributed by atoms with Gasteiger partial charge in [-0.05, 0) is 13.0 Å². The fourth-order valence-corrected chi connectivity index (χ4v) is 1.66. The molecule has 0 fully saturated rings. The van der Waals surface area contributed by atoms with Crippen molar-refractivity contribution in [2.45, 2.75) is 19.0 Å². The second-order valence-corrected chi connectivity index (χ2v) is 4.33. The van der Waals surface area contributed by atoms with Gasteiger partial charge >= 0.3 is 0 Å². The van der Waals surface area contributed by atoms with Crippen molar-refractivity contribution in [1.29, 1.82) is 5.26 Å². The lowest BCUT2D eigenvalue weighted by molar-refractivity contribution is -0.384. The van der Waals surface area contributed by atoms with Gasteiger partial charge in [-0.25, -0.2) is 0 Å². The number of non-ortho nitro benzene ring substituents is 1. The summed E-state index contributed by atoms with van der Waals surface area (Å²) in [6.07, 6.45) is 1.52. The van der Waals surface area contributed by atoms with Gasteiger partial charge in [0.05, 0.1) is 29.3 Å². The van der Waals surface area contributed by atoms with Crippen LogP contribution in [0.2, 0.25) is 0 Å². The minimum atomic E-state index is -1.03. The van der Waals surface area contributed by atoms with Crippen LogP contribution in [0.15, 0.2) is 24.4 Å². The number of benzene rings is 1. The number of rotatable bonds is 3. The van der Waals surface area contributed by atoms with Crippen LogP contribution in [0, 0.1) is 21.4 Å². The van der Waals surface area contributed by atoms with E-state index in [2.05, 4.69) is 5.10 Å². The lowest BCUT2D eigenvalue weighted by Crippen LogP contribution is -2.39. The zero-order valence-corrected chi connectivity index (χ0v) is 9.70. The van der Waals surface area contributed by atoms with Crippen LogP contribution in [-0.4, -0.2) is 20.2 Å². The summed E-state index contributed by atoms with van der Waals surface area (Å²) in [7, 11) is 0. The first-order valence-corrected chi connectivity index (χ1v) is 5.23. The molecule has 0 saturated carbocycles. The SMILES string of the molecule is CC(N)(C#N)Cn1ncc2cc([N+](=O)[O-])ccc21. The molecule has 0 radical (unpaired) electrons. The molecule has 1 unspecified atom stereocenters. The number of fused-ring (bicyclic) bond motifs is 1. The zero-order valence-electron chi connectivity index (χ0n) is 9.70. The first-order valence-electron chi connectivity index (χ1n) is 5.23. The average molecular weight is 245 g/mol. The van der Waals surface area contributed by atoms with Crippen molar-refractivity contribution in [3.63, 3.8) is 0 Å². The summed E-state index contributed by atoms with van der Waals surface area (Å²) in [5.74, 6) is 0. The fraction of sp³-hybridized carbons (Fsp3) is 0.273. The highest BCUT2D eigenvalue weighted by Crippen LogP contribution is 2.21. The second kappa shape index (κ2) is 4.09. The molecule has 2 N–H and O–H groups in total. The molecule has 1 aromatic heterocycles. The Hall–Kier alpha value is -2.46. The number of nitro groups is 1. The van der Waals surface area contributed by atoms with Gasteiger partial charge < -0.3 is 5.73 Å². The van der Waals surface area contributed by atoms with Crippen LogP contribution in [0.3, 0.4) is 0 Å². The topological polar surface area (TPSA) is 111 Å². The minimum absolute atomic E-state index is 0.0119. The van der Waals surface area contributed by atoms with E-state index in [0.29, 0.717) is 10.9 Å². The number of hydrogen-bond donors (Lipinski definition) is 1. The summed E-state index contributed by atoms with van der Waals surface area (Å²) >= 11 is 0. The standard InChI is InChI=1S/C11H11N5O2/c1-11(13,6-12)7-15-10-3-2-9(16(17)18)4-8(10)5-14-15/h2-5H,7,13H2,1H3. The van der Waals surface area contributed by atoms with Crippen LogP contribution in [0.4, 0.5) is 5.69 Å². The van der Waals surface area contributed by atoms with Gasteiger partial charge in [0.25, 0.3) is 5.69 Å². The Morgan fingerprint density at radius 1 is 1.67 bits per heavy atom. The number of aromatic nitrogens is 2. The quantitative estimate of drug-likeness (QED) is 0.644. The summed E-state index contributed by atoms with van der Waals surface area (Å²) in [5.41, 5.74) is 5.45. The first-order chi connectivity index (χ1) is 8.43. The maximum Gasteiger partial charge on any atom is 0.270 e. The van der Waals surface area contributed by atoms with E-state index in [1.54, 1.807) is 17.7 Å². The third kappa shape index (κ3) is 2.14. The minimum Gasteiger partial charge on any atom is -0.312 e. The van der Waals surface area contributed by atoms with Crippen LogP contribution in [0.1, 0.15) is 6.92 Å². The summed E-state index contributed by atoms with van der Waals surface area (Å²) in [4.78, 5) is 10.2. The Balaban J connectivity index is 2.44.